The van der Waals surface area contributed by atoms with E-state index in [-0.39, 0.29) is 5.91 Å². The number of amides is 1. The zero-order valence-corrected chi connectivity index (χ0v) is 11.4. The fourth-order valence-electron chi connectivity index (χ4n) is 1.58. The molecule has 5 heteroatoms. The molecule has 0 saturated carbocycles. The molecular formula is C13H16N2O2S. The van der Waals surface area contributed by atoms with Crippen LogP contribution in [0, 0.1) is 0 Å². The molecule has 18 heavy (non-hydrogen) atoms. The van der Waals surface area contributed by atoms with Crippen LogP contribution in [0.1, 0.15) is 30.3 Å². The minimum absolute atomic E-state index is 0.0301. The van der Waals surface area contributed by atoms with Gasteiger partial charge in [-0.1, -0.05) is 13.3 Å². The first kappa shape index (κ1) is 12.8. The third kappa shape index (κ3) is 2.79. The van der Waals surface area contributed by atoms with Crippen LogP contribution >= 0.6 is 11.3 Å². The van der Waals surface area contributed by atoms with Crippen molar-refractivity contribution in [2.24, 2.45) is 0 Å². The largest absolute Gasteiger partial charge is 0.462 e. The summed E-state index contributed by atoms with van der Waals surface area (Å²) >= 11 is 1.42. The first-order valence-electron chi connectivity index (χ1n) is 5.97. The van der Waals surface area contributed by atoms with Gasteiger partial charge in [0.05, 0.1) is 6.26 Å². The Morgan fingerprint density at radius 1 is 1.56 bits per heavy atom. The quantitative estimate of drug-likeness (QED) is 0.832. The Labute approximate surface area is 110 Å². The van der Waals surface area contributed by atoms with Crippen LogP contribution in [0.5, 0.6) is 0 Å². The monoisotopic (exact) mass is 264 g/mol. The van der Waals surface area contributed by atoms with E-state index >= 15 is 0 Å². The summed E-state index contributed by atoms with van der Waals surface area (Å²) in [4.78, 5) is 18.1. The first-order valence-corrected chi connectivity index (χ1v) is 6.85. The standard InChI is InChI=1S/C13H16N2O2S/c1-3-4-7-15(2)13(16)10-9-18-12(14-10)11-6-5-8-17-11/h5-6,8-9H,3-4,7H2,1-2H3. The van der Waals surface area contributed by atoms with Gasteiger partial charge in [-0.15, -0.1) is 11.3 Å². The second-order valence-corrected chi connectivity index (χ2v) is 4.95. The highest BCUT2D eigenvalue weighted by molar-refractivity contribution is 7.13. The highest BCUT2D eigenvalue weighted by atomic mass is 32.1. The Morgan fingerprint density at radius 2 is 2.39 bits per heavy atom. The summed E-state index contributed by atoms with van der Waals surface area (Å²) in [5, 5.41) is 2.52. The molecule has 0 unspecified atom stereocenters. The van der Waals surface area contributed by atoms with E-state index in [2.05, 4.69) is 11.9 Å². The van der Waals surface area contributed by atoms with Gasteiger partial charge in [-0.25, -0.2) is 4.98 Å². The van der Waals surface area contributed by atoms with Crippen LogP contribution in [0.25, 0.3) is 10.8 Å². The topological polar surface area (TPSA) is 46.3 Å². The summed E-state index contributed by atoms with van der Waals surface area (Å²) < 4.78 is 5.26. The van der Waals surface area contributed by atoms with Crippen LogP contribution in [-0.4, -0.2) is 29.4 Å². The van der Waals surface area contributed by atoms with E-state index in [1.54, 1.807) is 16.5 Å². The Morgan fingerprint density at radius 3 is 3.06 bits per heavy atom. The highest BCUT2D eigenvalue weighted by Crippen LogP contribution is 2.24. The summed E-state index contributed by atoms with van der Waals surface area (Å²) in [6, 6.07) is 3.65. The van der Waals surface area contributed by atoms with Crippen LogP contribution in [0.3, 0.4) is 0 Å². The molecule has 0 spiro atoms. The van der Waals surface area contributed by atoms with E-state index in [4.69, 9.17) is 4.42 Å². The molecule has 0 saturated heterocycles. The molecule has 0 radical (unpaired) electrons. The van der Waals surface area contributed by atoms with Gasteiger partial charge in [0.15, 0.2) is 10.8 Å². The van der Waals surface area contributed by atoms with Crippen molar-refractivity contribution in [3.63, 3.8) is 0 Å². The summed E-state index contributed by atoms with van der Waals surface area (Å²) in [7, 11) is 1.81. The molecule has 96 valence electrons. The van der Waals surface area contributed by atoms with Gasteiger partial charge in [0.1, 0.15) is 5.69 Å². The van der Waals surface area contributed by atoms with Gasteiger partial charge >= 0.3 is 0 Å². The van der Waals surface area contributed by atoms with Gasteiger partial charge < -0.3 is 9.32 Å². The number of nitrogens with zero attached hydrogens (tertiary/aromatic N) is 2. The van der Waals surface area contributed by atoms with Crippen molar-refractivity contribution in [3.05, 3.63) is 29.5 Å². The number of carbonyl (C=O) groups is 1. The van der Waals surface area contributed by atoms with E-state index < -0.39 is 0 Å². The number of furan rings is 1. The molecule has 0 bridgehead atoms. The molecule has 0 aliphatic carbocycles. The Kier molecular flexibility index (Phi) is 4.15. The predicted molar refractivity (Wildman–Crippen MR) is 71.7 cm³/mol. The van der Waals surface area contributed by atoms with Gasteiger partial charge in [-0.2, -0.15) is 0 Å². The van der Waals surface area contributed by atoms with Gasteiger partial charge in [-0.3, -0.25) is 4.79 Å². The molecule has 0 N–H and O–H groups in total. The van der Waals surface area contributed by atoms with Crippen LogP contribution in [0.2, 0.25) is 0 Å². The maximum absolute atomic E-state index is 12.1. The molecular weight excluding hydrogens is 248 g/mol. The molecule has 1 amide bonds. The smallest absolute Gasteiger partial charge is 0.273 e. The Bertz CT molecular complexity index is 505. The number of hydrogen-bond donors (Lipinski definition) is 0. The summed E-state index contributed by atoms with van der Waals surface area (Å²) in [6.45, 7) is 2.87. The summed E-state index contributed by atoms with van der Waals surface area (Å²) in [6.07, 6.45) is 3.69. The lowest BCUT2D eigenvalue weighted by Gasteiger charge is -2.14. The van der Waals surface area contributed by atoms with Crippen molar-refractivity contribution in [1.29, 1.82) is 0 Å². The second-order valence-electron chi connectivity index (χ2n) is 4.10. The molecule has 0 aliphatic heterocycles. The molecule has 2 aromatic rings. The Balaban J connectivity index is 2.08. The van der Waals surface area contributed by atoms with E-state index in [9.17, 15) is 4.79 Å². The van der Waals surface area contributed by atoms with Crippen LogP contribution in [0.4, 0.5) is 0 Å². The maximum atomic E-state index is 12.1. The average Bonchev–Trinajstić information content (AvgIpc) is 3.04. The number of hydrogen-bond acceptors (Lipinski definition) is 4. The summed E-state index contributed by atoms with van der Waals surface area (Å²) in [5.41, 5.74) is 0.491. The maximum Gasteiger partial charge on any atom is 0.273 e. The normalized spacial score (nSPS) is 10.6. The lowest BCUT2D eigenvalue weighted by Crippen LogP contribution is -2.27. The fraction of sp³-hybridized carbons (Fsp3) is 0.385. The SMILES string of the molecule is CCCCN(C)C(=O)c1csc(-c2ccco2)n1. The van der Waals surface area contributed by atoms with Crippen molar-refractivity contribution >= 4 is 17.2 Å². The van der Waals surface area contributed by atoms with Crippen LogP contribution in [-0.2, 0) is 0 Å². The fourth-order valence-corrected chi connectivity index (χ4v) is 2.34. The third-order valence-corrected chi connectivity index (χ3v) is 3.51. The predicted octanol–water partition coefficient (Wildman–Crippen LogP) is 3.28. The number of rotatable bonds is 5. The van der Waals surface area contributed by atoms with Crippen LogP contribution < -0.4 is 0 Å². The molecule has 0 aromatic carbocycles. The zero-order valence-electron chi connectivity index (χ0n) is 10.5. The van der Waals surface area contributed by atoms with Gasteiger partial charge in [0, 0.05) is 19.0 Å². The van der Waals surface area contributed by atoms with Gasteiger partial charge in [0.2, 0.25) is 0 Å². The molecule has 0 fully saturated rings. The van der Waals surface area contributed by atoms with Crippen molar-refractivity contribution in [3.8, 4) is 10.8 Å². The number of aromatic nitrogens is 1. The average molecular weight is 264 g/mol. The number of unbranched alkanes of at least 4 members (excludes halogenated alkanes) is 1. The second kappa shape index (κ2) is 5.82. The van der Waals surface area contributed by atoms with Crippen molar-refractivity contribution in [1.82, 2.24) is 9.88 Å². The number of carbonyl (C=O) groups excluding carboxylic acids is 1. The molecule has 2 aromatic heterocycles. The van der Waals surface area contributed by atoms with Crippen molar-refractivity contribution < 1.29 is 9.21 Å². The van der Waals surface area contributed by atoms with E-state index in [1.165, 1.54) is 11.3 Å². The third-order valence-electron chi connectivity index (χ3n) is 2.65. The van der Waals surface area contributed by atoms with Gasteiger partial charge in [-0.05, 0) is 18.6 Å². The van der Waals surface area contributed by atoms with Crippen LogP contribution in [0.15, 0.2) is 28.2 Å². The van der Waals surface area contributed by atoms with E-state index in [0.29, 0.717) is 11.5 Å². The highest BCUT2D eigenvalue weighted by Gasteiger charge is 2.16. The first-order chi connectivity index (χ1) is 8.72. The molecule has 2 rings (SSSR count). The summed E-state index contributed by atoms with van der Waals surface area (Å²) in [5.74, 6) is 0.674. The van der Waals surface area contributed by atoms with Gasteiger partial charge in [0.25, 0.3) is 5.91 Å². The Hall–Kier alpha value is -1.62. The molecule has 4 nitrogen and oxygen atoms in total. The minimum atomic E-state index is -0.0301. The number of thiazole rings is 1. The lowest BCUT2D eigenvalue weighted by molar-refractivity contribution is 0.0788. The molecule has 0 aliphatic rings. The van der Waals surface area contributed by atoms with E-state index in [0.717, 1.165) is 24.4 Å². The molecule has 0 atom stereocenters. The minimum Gasteiger partial charge on any atom is -0.462 e. The lowest BCUT2D eigenvalue weighted by atomic mass is 10.3. The zero-order chi connectivity index (χ0) is 13.0. The van der Waals surface area contributed by atoms with E-state index in [1.807, 2.05) is 19.2 Å². The van der Waals surface area contributed by atoms with Crippen molar-refractivity contribution in [2.75, 3.05) is 13.6 Å². The van der Waals surface area contributed by atoms with Crippen molar-refractivity contribution in [2.45, 2.75) is 19.8 Å². The molecule has 2 heterocycles.